The molecule has 0 bridgehead atoms. The fraction of sp³-hybridized carbons (Fsp3) is 0.368. The van der Waals surface area contributed by atoms with E-state index in [1.807, 2.05) is 91.0 Å². The van der Waals surface area contributed by atoms with Crippen LogP contribution in [0.25, 0.3) is 16.7 Å². The zero-order chi connectivity index (χ0) is 17.4. The average molecular weight is 301 g/mol. The van der Waals surface area contributed by atoms with Gasteiger partial charge in [-0.3, -0.25) is 0 Å². The van der Waals surface area contributed by atoms with Gasteiger partial charge in [-0.15, -0.1) is 10.2 Å². The zero-order valence-electron chi connectivity index (χ0n) is 15.2. The van der Waals surface area contributed by atoms with Crippen LogP contribution in [0.4, 0.5) is 0 Å². The van der Waals surface area contributed by atoms with Gasteiger partial charge in [-0.1, -0.05) is 72.4 Å². The first-order valence-electron chi connectivity index (χ1n) is 8.13. The summed E-state index contributed by atoms with van der Waals surface area (Å²) >= 11 is 0. The van der Waals surface area contributed by atoms with E-state index in [1.54, 1.807) is 10.9 Å². The predicted molar refractivity (Wildman–Crippen MR) is 101 cm³/mol. The van der Waals surface area contributed by atoms with Crippen molar-refractivity contribution in [3.63, 3.8) is 0 Å². The molecule has 0 aliphatic carbocycles. The molecule has 122 valence electrons. The number of benzene rings is 1. The van der Waals surface area contributed by atoms with Gasteiger partial charge in [0.2, 0.25) is 0 Å². The first-order chi connectivity index (χ1) is 10.8. The summed E-state index contributed by atoms with van der Waals surface area (Å²) in [5, 5.41) is 8.74. The van der Waals surface area contributed by atoms with E-state index in [0.717, 1.165) is 16.7 Å². The van der Waals surface area contributed by atoms with E-state index < -0.39 is 0 Å². The molecular weight excluding hydrogens is 270 g/mol. The predicted octanol–water partition coefficient (Wildman–Crippen LogP) is 6.11. The van der Waals surface area contributed by atoms with E-state index in [9.17, 15) is 0 Å². The Balaban J connectivity index is 0. The second kappa shape index (κ2) is 15.2. The number of rotatable bonds is 3. The van der Waals surface area contributed by atoms with Crippen molar-refractivity contribution in [3.8, 4) is 0 Å². The standard InChI is InChI=1S/C13H13N3.3C2H6/c1-3-5-8-11(4-2)16-14-12-9-6-7-10-13(12)15-16;3*1-2/h3-10H,2H2,1H3;3*1-2H3/b5-3-,11-8+;;;. The Morgan fingerprint density at radius 3 is 1.77 bits per heavy atom. The van der Waals surface area contributed by atoms with Gasteiger partial charge in [0.05, 0.1) is 5.70 Å². The Kier molecular flexibility index (Phi) is 15.3. The van der Waals surface area contributed by atoms with Crippen LogP contribution in [0.15, 0.2) is 55.1 Å². The van der Waals surface area contributed by atoms with Gasteiger partial charge in [0.15, 0.2) is 0 Å². The summed E-state index contributed by atoms with van der Waals surface area (Å²) in [6.45, 7) is 17.7. The number of fused-ring (bicyclic) bond motifs is 1. The topological polar surface area (TPSA) is 30.7 Å². The summed E-state index contributed by atoms with van der Waals surface area (Å²) in [5.74, 6) is 0. The number of aromatic nitrogens is 3. The Morgan fingerprint density at radius 1 is 0.955 bits per heavy atom. The van der Waals surface area contributed by atoms with Crippen molar-refractivity contribution in [2.45, 2.75) is 48.5 Å². The van der Waals surface area contributed by atoms with Gasteiger partial charge in [0.1, 0.15) is 11.0 Å². The number of allylic oxidation sites excluding steroid dienone is 5. The molecule has 1 aromatic heterocycles. The number of hydrogen-bond donors (Lipinski definition) is 0. The second-order valence-corrected chi connectivity index (χ2v) is 3.30. The lowest BCUT2D eigenvalue weighted by atomic mass is 10.3. The van der Waals surface area contributed by atoms with E-state index >= 15 is 0 Å². The first kappa shape index (κ1) is 22.1. The second-order valence-electron chi connectivity index (χ2n) is 3.30. The molecule has 0 unspecified atom stereocenters. The molecule has 0 amide bonds. The van der Waals surface area contributed by atoms with Gasteiger partial charge in [0.25, 0.3) is 0 Å². The normalized spacial score (nSPS) is 9.86. The van der Waals surface area contributed by atoms with Crippen LogP contribution in [0.2, 0.25) is 0 Å². The zero-order valence-corrected chi connectivity index (χ0v) is 15.2. The summed E-state index contributed by atoms with van der Waals surface area (Å²) in [5.41, 5.74) is 2.63. The largest absolute Gasteiger partial charge is 0.150 e. The van der Waals surface area contributed by atoms with Gasteiger partial charge in [-0.2, -0.15) is 4.80 Å². The molecule has 1 aromatic carbocycles. The molecule has 0 aliphatic rings. The van der Waals surface area contributed by atoms with Crippen molar-refractivity contribution in [3.05, 3.63) is 55.1 Å². The highest BCUT2D eigenvalue weighted by Gasteiger charge is 2.02. The molecule has 1 heterocycles. The van der Waals surface area contributed by atoms with Crippen molar-refractivity contribution in [1.82, 2.24) is 15.0 Å². The van der Waals surface area contributed by atoms with E-state index in [2.05, 4.69) is 16.8 Å². The van der Waals surface area contributed by atoms with E-state index in [4.69, 9.17) is 0 Å². The van der Waals surface area contributed by atoms with Crippen LogP contribution in [0.5, 0.6) is 0 Å². The highest BCUT2D eigenvalue weighted by molar-refractivity contribution is 5.74. The molecular formula is C19H31N3. The monoisotopic (exact) mass is 301 g/mol. The molecule has 0 fully saturated rings. The summed E-state index contributed by atoms with van der Waals surface area (Å²) in [6.07, 6.45) is 7.54. The van der Waals surface area contributed by atoms with Crippen LogP contribution < -0.4 is 0 Å². The smallest absolute Gasteiger partial charge is 0.113 e. The molecule has 0 N–H and O–H groups in total. The average Bonchev–Trinajstić information content (AvgIpc) is 3.05. The maximum Gasteiger partial charge on any atom is 0.113 e. The van der Waals surface area contributed by atoms with Crippen molar-refractivity contribution in [2.75, 3.05) is 0 Å². The molecule has 0 saturated heterocycles. The maximum atomic E-state index is 4.37. The summed E-state index contributed by atoms with van der Waals surface area (Å²) in [6, 6.07) is 7.78. The maximum absolute atomic E-state index is 4.37. The van der Waals surface area contributed by atoms with Gasteiger partial charge in [-0.25, -0.2) is 0 Å². The minimum atomic E-state index is 0.856. The SMILES string of the molecule is C=C/C(=C\C=C/C)n1nc2ccccc2n1.CC.CC.CC. The molecule has 2 rings (SSSR count). The molecule has 2 aromatic rings. The Bertz CT molecular complexity index is 530. The van der Waals surface area contributed by atoms with E-state index in [-0.39, 0.29) is 0 Å². The molecule has 0 saturated carbocycles. The van der Waals surface area contributed by atoms with Crippen molar-refractivity contribution < 1.29 is 0 Å². The van der Waals surface area contributed by atoms with Crippen LogP contribution >= 0.6 is 0 Å². The molecule has 0 radical (unpaired) electrons. The third-order valence-corrected chi connectivity index (χ3v) is 2.19. The van der Waals surface area contributed by atoms with Gasteiger partial charge < -0.3 is 0 Å². The Hall–Kier alpha value is -2.16. The highest BCUT2D eigenvalue weighted by atomic mass is 15.5. The summed E-state index contributed by atoms with van der Waals surface area (Å²) in [4.78, 5) is 1.59. The van der Waals surface area contributed by atoms with Gasteiger partial charge in [-0.05, 0) is 31.2 Å². The lowest BCUT2D eigenvalue weighted by Crippen LogP contribution is -1.98. The van der Waals surface area contributed by atoms with Crippen LogP contribution in [-0.4, -0.2) is 15.0 Å². The number of hydrogen-bond acceptors (Lipinski definition) is 2. The van der Waals surface area contributed by atoms with Crippen LogP contribution in [0, 0.1) is 0 Å². The Morgan fingerprint density at radius 2 is 1.41 bits per heavy atom. The van der Waals surface area contributed by atoms with Crippen LogP contribution in [-0.2, 0) is 0 Å². The van der Waals surface area contributed by atoms with E-state index in [1.165, 1.54) is 0 Å². The molecule has 3 nitrogen and oxygen atoms in total. The third-order valence-electron chi connectivity index (χ3n) is 2.19. The molecule has 0 spiro atoms. The molecule has 0 aliphatic heterocycles. The van der Waals surface area contributed by atoms with E-state index in [0.29, 0.717) is 0 Å². The lowest BCUT2D eigenvalue weighted by molar-refractivity contribution is 0.791. The lowest BCUT2D eigenvalue weighted by Gasteiger charge is -1.96. The highest BCUT2D eigenvalue weighted by Crippen LogP contribution is 2.11. The minimum Gasteiger partial charge on any atom is -0.150 e. The summed E-state index contributed by atoms with van der Waals surface area (Å²) < 4.78 is 0. The van der Waals surface area contributed by atoms with Crippen LogP contribution in [0.1, 0.15) is 48.5 Å². The quantitative estimate of drug-likeness (QED) is 0.640. The van der Waals surface area contributed by atoms with Crippen molar-refractivity contribution >= 4 is 16.7 Å². The minimum absolute atomic E-state index is 0.856. The first-order valence-corrected chi connectivity index (χ1v) is 8.13. The molecule has 0 atom stereocenters. The van der Waals surface area contributed by atoms with Gasteiger partial charge >= 0.3 is 0 Å². The third kappa shape index (κ3) is 7.02. The van der Waals surface area contributed by atoms with Gasteiger partial charge in [0, 0.05) is 0 Å². The van der Waals surface area contributed by atoms with Crippen molar-refractivity contribution in [1.29, 1.82) is 0 Å². The fourth-order valence-corrected chi connectivity index (χ4v) is 1.39. The van der Waals surface area contributed by atoms with Crippen molar-refractivity contribution in [2.24, 2.45) is 0 Å². The summed E-state index contributed by atoms with van der Waals surface area (Å²) in [7, 11) is 0. The molecule has 3 heteroatoms. The Labute approximate surface area is 136 Å². The molecule has 22 heavy (non-hydrogen) atoms. The number of nitrogens with zero attached hydrogens (tertiary/aromatic N) is 3. The fourth-order valence-electron chi connectivity index (χ4n) is 1.39. The van der Waals surface area contributed by atoms with Crippen LogP contribution in [0.3, 0.4) is 0 Å².